The van der Waals surface area contributed by atoms with Gasteiger partial charge in [-0.3, -0.25) is 10.1 Å². The largest absolute Gasteiger partial charge is 0.479 e. The van der Waals surface area contributed by atoms with Crippen molar-refractivity contribution in [2.45, 2.75) is 6.04 Å². The summed E-state index contributed by atoms with van der Waals surface area (Å²) in [4.78, 5) is 26.3. The number of nitro benzene ring substituents is 1. The number of thiazole rings is 1. The summed E-state index contributed by atoms with van der Waals surface area (Å²) < 4.78 is 0. The van der Waals surface area contributed by atoms with E-state index in [4.69, 9.17) is 23.2 Å². The first-order valence-corrected chi connectivity index (χ1v) is 9.28. The molecule has 11 heteroatoms. The lowest BCUT2D eigenvalue weighted by atomic mass is 10.1. The fourth-order valence-electron chi connectivity index (χ4n) is 2.34. The first kappa shape index (κ1) is 19.9. The third-order valence-corrected chi connectivity index (χ3v) is 5.09. The van der Waals surface area contributed by atoms with Crippen molar-refractivity contribution in [3.63, 3.8) is 0 Å². The number of hydrogen-bond donors (Lipinski definition) is 1. The molecule has 0 bridgehead atoms. The van der Waals surface area contributed by atoms with Gasteiger partial charge in [0.15, 0.2) is 6.04 Å². The molecule has 0 aliphatic carbocycles. The highest BCUT2D eigenvalue weighted by Gasteiger charge is 2.27. The molecule has 0 saturated carbocycles. The standard InChI is InChI=1S/C17H10Cl2N4O4S/c18-11-6-5-9(7-12(11)19)13-8-28-17(20-13)22-21-15(16(24)25)10-3-1-2-4-14(10)23(26)27/h1-8,15H,(H,24,25). The van der Waals surface area contributed by atoms with E-state index in [0.717, 1.165) is 11.3 Å². The second kappa shape index (κ2) is 8.42. The Morgan fingerprint density at radius 1 is 1.21 bits per heavy atom. The molecule has 2 aromatic carbocycles. The summed E-state index contributed by atoms with van der Waals surface area (Å²) in [5.74, 6) is -1.36. The predicted octanol–water partition coefficient (Wildman–Crippen LogP) is 5.93. The second-order valence-corrected chi connectivity index (χ2v) is 7.07. The van der Waals surface area contributed by atoms with Gasteiger partial charge < -0.3 is 5.11 Å². The number of nitrogens with zero attached hydrogens (tertiary/aromatic N) is 4. The van der Waals surface area contributed by atoms with E-state index in [-0.39, 0.29) is 16.4 Å². The van der Waals surface area contributed by atoms with Crippen molar-refractivity contribution in [3.05, 3.63) is 73.6 Å². The first-order chi connectivity index (χ1) is 13.4. The third kappa shape index (κ3) is 4.33. The summed E-state index contributed by atoms with van der Waals surface area (Å²) in [6.45, 7) is 0. The SMILES string of the molecule is O=C(O)C(N=Nc1nc(-c2ccc(Cl)c(Cl)c2)cs1)c1ccccc1[N+](=O)[O-]. The van der Waals surface area contributed by atoms with E-state index in [1.165, 1.54) is 24.3 Å². The van der Waals surface area contributed by atoms with Gasteiger partial charge in [0.05, 0.1) is 26.2 Å². The monoisotopic (exact) mass is 436 g/mol. The Kier molecular flexibility index (Phi) is 5.98. The van der Waals surface area contributed by atoms with Crippen molar-refractivity contribution < 1.29 is 14.8 Å². The van der Waals surface area contributed by atoms with E-state index in [1.54, 1.807) is 23.6 Å². The van der Waals surface area contributed by atoms with Gasteiger partial charge in [-0.25, -0.2) is 9.78 Å². The molecule has 0 radical (unpaired) electrons. The molecule has 1 N–H and O–H groups in total. The molecule has 0 spiro atoms. The van der Waals surface area contributed by atoms with Crippen LogP contribution in [0.5, 0.6) is 0 Å². The van der Waals surface area contributed by atoms with Crippen LogP contribution in [0.15, 0.2) is 58.1 Å². The topological polar surface area (TPSA) is 118 Å². The number of azo groups is 1. The summed E-state index contributed by atoms with van der Waals surface area (Å²) in [6.07, 6.45) is 0. The second-order valence-electron chi connectivity index (χ2n) is 5.42. The Morgan fingerprint density at radius 2 is 1.96 bits per heavy atom. The van der Waals surface area contributed by atoms with E-state index in [9.17, 15) is 20.0 Å². The molecule has 0 aliphatic rings. The lowest BCUT2D eigenvalue weighted by Crippen LogP contribution is -2.10. The first-order valence-electron chi connectivity index (χ1n) is 7.64. The Labute approximate surface area is 172 Å². The van der Waals surface area contributed by atoms with E-state index < -0.39 is 16.9 Å². The van der Waals surface area contributed by atoms with Crippen molar-refractivity contribution in [2.75, 3.05) is 0 Å². The van der Waals surface area contributed by atoms with Gasteiger partial charge in [0.25, 0.3) is 5.69 Å². The van der Waals surface area contributed by atoms with Crippen LogP contribution < -0.4 is 0 Å². The smallest absolute Gasteiger partial charge is 0.335 e. The Bertz CT molecular complexity index is 1090. The van der Waals surface area contributed by atoms with Crippen LogP contribution in [0.1, 0.15) is 11.6 Å². The lowest BCUT2D eigenvalue weighted by molar-refractivity contribution is -0.385. The molecule has 0 aliphatic heterocycles. The highest BCUT2D eigenvalue weighted by atomic mass is 35.5. The molecule has 3 rings (SSSR count). The van der Waals surface area contributed by atoms with Gasteiger partial charge in [-0.15, -0.1) is 16.5 Å². The minimum absolute atomic E-state index is 0.0648. The molecule has 28 heavy (non-hydrogen) atoms. The zero-order valence-electron chi connectivity index (χ0n) is 13.8. The van der Waals surface area contributed by atoms with Crippen molar-refractivity contribution in [1.29, 1.82) is 0 Å². The number of carboxylic acid groups (broad SMARTS) is 1. The quantitative estimate of drug-likeness (QED) is 0.291. The van der Waals surface area contributed by atoms with Gasteiger partial charge in [-0.05, 0) is 18.2 Å². The van der Waals surface area contributed by atoms with Crippen LogP contribution in [0.25, 0.3) is 11.3 Å². The van der Waals surface area contributed by atoms with Crippen LogP contribution in [0.2, 0.25) is 10.0 Å². The fraction of sp³-hybridized carbons (Fsp3) is 0.0588. The minimum Gasteiger partial charge on any atom is -0.479 e. The molecular weight excluding hydrogens is 427 g/mol. The zero-order chi connectivity index (χ0) is 20.3. The lowest BCUT2D eigenvalue weighted by Gasteiger charge is -2.06. The van der Waals surface area contributed by atoms with Crippen LogP contribution in [-0.2, 0) is 4.79 Å². The van der Waals surface area contributed by atoms with E-state index in [0.29, 0.717) is 21.3 Å². The van der Waals surface area contributed by atoms with Crippen molar-refractivity contribution in [3.8, 4) is 11.3 Å². The molecule has 3 aromatic rings. The number of halogens is 2. The van der Waals surface area contributed by atoms with Crippen molar-refractivity contribution >= 4 is 51.3 Å². The molecule has 1 atom stereocenters. The van der Waals surface area contributed by atoms with Crippen LogP contribution in [0, 0.1) is 10.1 Å². The summed E-state index contributed by atoms with van der Waals surface area (Å²) in [6, 6.07) is 8.98. The summed E-state index contributed by atoms with van der Waals surface area (Å²) in [7, 11) is 0. The number of carboxylic acids is 1. The fourth-order valence-corrected chi connectivity index (χ4v) is 3.28. The molecule has 0 amide bonds. The van der Waals surface area contributed by atoms with Gasteiger partial charge >= 0.3 is 5.97 Å². The van der Waals surface area contributed by atoms with Gasteiger partial charge in [0.1, 0.15) is 0 Å². The summed E-state index contributed by atoms with van der Waals surface area (Å²) in [5.41, 5.74) is 0.866. The number of para-hydroxylation sites is 1. The zero-order valence-corrected chi connectivity index (χ0v) is 16.1. The minimum atomic E-state index is -1.53. The molecule has 1 unspecified atom stereocenters. The molecule has 0 saturated heterocycles. The van der Waals surface area contributed by atoms with Crippen LogP contribution in [0.4, 0.5) is 10.8 Å². The molecule has 0 fully saturated rings. The normalized spacial score (nSPS) is 12.2. The van der Waals surface area contributed by atoms with E-state index in [1.807, 2.05) is 0 Å². The molecule has 1 aromatic heterocycles. The third-order valence-electron chi connectivity index (χ3n) is 3.63. The van der Waals surface area contributed by atoms with Gasteiger partial charge in [-0.1, -0.05) is 41.4 Å². The number of carbonyl (C=O) groups is 1. The highest BCUT2D eigenvalue weighted by molar-refractivity contribution is 7.13. The van der Waals surface area contributed by atoms with Crippen LogP contribution in [-0.4, -0.2) is 21.0 Å². The van der Waals surface area contributed by atoms with E-state index in [2.05, 4.69) is 15.2 Å². The maximum Gasteiger partial charge on any atom is 0.335 e. The van der Waals surface area contributed by atoms with E-state index >= 15 is 0 Å². The predicted molar refractivity (Wildman–Crippen MR) is 106 cm³/mol. The average Bonchev–Trinajstić information content (AvgIpc) is 3.13. The molecule has 142 valence electrons. The van der Waals surface area contributed by atoms with Gasteiger partial charge in [-0.2, -0.15) is 5.11 Å². The van der Waals surface area contributed by atoms with Crippen LogP contribution >= 0.6 is 34.5 Å². The van der Waals surface area contributed by atoms with Gasteiger partial charge in [0, 0.05) is 17.0 Å². The van der Waals surface area contributed by atoms with Crippen LogP contribution in [0.3, 0.4) is 0 Å². The number of aromatic nitrogens is 1. The average molecular weight is 437 g/mol. The summed E-state index contributed by atoms with van der Waals surface area (Å²) in [5, 5.41) is 30.9. The number of rotatable bonds is 6. The number of hydrogen-bond acceptors (Lipinski definition) is 7. The van der Waals surface area contributed by atoms with Crippen molar-refractivity contribution in [1.82, 2.24) is 4.98 Å². The Morgan fingerprint density at radius 3 is 2.64 bits per heavy atom. The number of aliphatic carboxylic acids is 1. The molecule has 8 nitrogen and oxygen atoms in total. The molecule has 1 heterocycles. The maximum atomic E-state index is 11.6. The number of benzene rings is 2. The molecular formula is C17H10Cl2N4O4S. The van der Waals surface area contributed by atoms with Gasteiger partial charge in [0.2, 0.25) is 5.13 Å². The number of nitro groups is 1. The highest BCUT2D eigenvalue weighted by Crippen LogP contribution is 2.33. The van der Waals surface area contributed by atoms with Crippen molar-refractivity contribution in [2.24, 2.45) is 10.2 Å². The summed E-state index contributed by atoms with van der Waals surface area (Å²) >= 11 is 13.0. The maximum absolute atomic E-state index is 11.6. The Hall–Kier alpha value is -2.88. The Balaban J connectivity index is 1.89.